The molecule has 3 fully saturated rings. The highest BCUT2D eigenvalue weighted by atomic mass is 32.1. The number of nitrogens with one attached hydrogen (secondary N) is 1. The number of likely N-dealkylation sites (N-methyl/N-ethyl adjacent to an activating group) is 1. The summed E-state index contributed by atoms with van der Waals surface area (Å²) in [5.41, 5.74) is 2.14. The van der Waals surface area contributed by atoms with Crippen LogP contribution in [0.25, 0.3) is 0 Å². The van der Waals surface area contributed by atoms with Crippen molar-refractivity contribution >= 4 is 29.0 Å². The van der Waals surface area contributed by atoms with Crippen LogP contribution in [0.1, 0.15) is 25.0 Å². The van der Waals surface area contributed by atoms with Crippen LogP contribution in [0.4, 0.5) is 5.69 Å². The zero-order valence-corrected chi connectivity index (χ0v) is 20.5. The van der Waals surface area contributed by atoms with Gasteiger partial charge in [-0.1, -0.05) is 22.7 Å². The van der Waals surface area contributed by atoms with Crippen molar-refractivity contribution in [1.82, 2.24) is 29.6 Å². The molecule has 9 nitrogen and oxygen atoms in total. The molecule has 0 aliphatic carbocycles. The van der Waals surface area contributed by atoms with Crippen LogP contribution in [0.3, 0.4) is 0 Å². The van der Waals surface area contributed by atoms with E-state index in [9.17, 15) is 9.59 Å². The zero-order chi connectivity index (χ0) is 23.5. The molecule has 10 heteroatoms. The highest BCUT2D eigenvalue weighted by molar-refractivity contribution is 7.03. The number of anilines is 1. The molecule has 3 atom stereocenters. The second kappa shape index (κ2) is 10.4. The predicted molar refractivity (Wildman–Crippen MR) is 132 cm³/mol. The van der Waals surface area contributed by atoms with Gasteiger partial charge in [0.2, 0.25) is 11.8 Å². The average molecular weight is 484 g/mol. The van der Waals surface area contributed by atoms with Gasteiger partial charge in [-0.3, -0.25) is 19.4 Å². The van der Waals surface area contributed by atoms with Crippen LogP contribution in [0.5, 0.6) is 0 Å². The smallest absolute Gasteiger partial charge is 0.239 e. The van der Waals surface area contributed by atoms with Crippen LogP contribution in [0.15, 0.2) is 35.7 Å². The molecule has 1 aromatic heterocycles. The van der Waals surface area contributed by atoms with Crippen LogP contribution >= 0.6 is 11.5 Å². The van der Waals surface area contributed by atoms with E-state index in [1.807, 2.05) is 16.3 Å². The van der Waals surface area contributed by atoms with Crippen molar-refractivity contribution in [2.24, 2.45) is 0 Å². The fraction of sp³-hybridized carbons (Fsp3) is 0.583. The molecule has 0 saturated carbocycles. The number of nitrogens with zero attached hydrogens (tertiary/aromatic N) is 6. The minimum atomic E-state index is -0.182. The number of hydrogen-bond acceptors (Lipinski definition) is 8. The van der Waals surface area contributed by atoms with Crippen molar-refractivity contribution < 1.29 is 9.59 Å². The largest absolute Gasteiger partial charge is 0.368 e. The Morgan fingerprint density at radius 2 is 1.94 bits per heavy atom. The van der Waals surface area contributed by atoms with Crippen molar-refractivity contribution in [2.45, 2.75) is 43.9 Å². The summed E-state index contributed by atoms with van der Waals surface area (Å²) in [7, 11) is 2.11. The van der Waals surface area contributed by atoms with E-state index in [4.69, 9.17) is 0 Å². The van der Waals surface area contributed by atoms with Crippen LogP contribution in [0.2, 0.25) is 0 Å². The Balaban J connectivity index is 1.13. The second-order valence-electron chi connectivity index (χ2n) is 9.47. The van der Waals surface area contributed by atoms with Crippen LogP contribution in [-0.4, -0.2) is 101 Å². The SMILES string of the molecule is CN1[C@@H](CCC(=O)N2CCN(c3ccccc3)CC2)CNC(=O)[C@@H]2[C@H]1CCN2Cc1csnn1. The molecule has 2 amide bonds. The molecule has 0 radical (unpaired) electrons. The molecule has 1 aromatic carbocycles. The molecule has 5 rings (SSSR count). The van der Waals surface area contributed by atoms with E-state index in [2.05, 4.69) is 60.9 Å². The number of fused-ring (bicyclic) bond motifs is 1. The molecule has 0 spiro atoms. The first-order valence-corrected chi connectivity index (χ1v) is 13.0. The van der Waals surface area contributed by atoms with Crippen molar-refractivity contribution in [3.8, 4) is 0 Å². The summed E-state index contributed by atoms with van der Waals surface area (Å²) in [6.45, 7) is 5.35. The number of rotatable bonds is 6. The van der Waals surface area contributed by atoms with Crippen molar-refractivity contribution in [3.63, 3.8) is 0 Å². The third-order valence-electron chi connectivity index (χ3n) is 7.56. The Kier molecular flexibility index (Phi) is 7.07. The number of carbonyl (C=O) groups is 2. The summed E-state index contributed by atoms with van der Waals surface area (Å²) in [5, 5.41) is 9.24. The molecular formula is C24H33N7O2S. The van der Waals surface area contributed by atoms with E-state index in [-0.39, 0.29) is 29.9 Å². The van der Waals surface area contributed by atoms with Gasteiger partial charge in [-0.15, -0.1) is 5.10 Å². The summed E-state index contributed by atoms with van der Waals surface area (Å²) in [4.78, 5) is 34.8. The Morgan fingerprint density at radius 3 is 2.68 bits per heavy atom. The van der Waals surface area contributed by atoms with Crippen molar-refractivity contribution in [3.05, 3.63) is 41.4 Å². The lowest BCUT2D eigenvalue weighted by Gasteiger charge is -2.37. The fourth-order valence-electron chi connectivity index (χ4n) is 5.59. The van der Waals surface area contributed by atoms with Gasteiger partial charge in [0.05, 0.1) is 5.69 Å². The third kappa shape index (κ3) is 4.94. The lowest BCUT2D eigenvalue weighted by molar-refractivity contribution is -0.132. The summed E-state index contributed by atoms with van der Waals surface area (Å²) >= 11 is 1.34. The molecule has 3 saturated heterocycles. The maximum absolute atomic E-state index is 13.0. The minimum Gasteiger partial charge on any atom is -0.368 e. The van der Waals surface area contributed by atoms with Gasteiger partial charge in [0.1, 0.15) is 6.04 Å². The van der Waals surface area contributed by atoms with Gasteiger partial charge in [-0.2, -0.15) is 0 Å². The highest BCUT2D eigenvalue weighted by Gasteiger charge is 2.45. The summed E-state index contributed by atoms with van der Waals surface area (Å²) in [6.07, 6.45) is 2.22. The maximum atomic E-state index is 13.0. The Morgan fingerprint density at radius 1 is 1.15 bits per heavy atom. The van der Waals surface area contributed by atoms with Gasteiger partial charge in [-0.25, -0.2) is 0 Å². The van der Waals surface area contributed by atoms with Crippen molar-refractivity contribution in [2.75, 3.05) is 51.2 Å². The lowest BCUT2D eigenvalue weighted by atomic mass is 10.0. The molecule has 4 heterocycles. The van der Waals surface area contributed by atoms with Gasteiger partial charge in [0.25, 0.3) is 0 Å². The molecule has 0 bridgehead atoms. The van der Waals surface area contributed by atoms with E-state index in [0.717, 1.165) is 51.3 Å². The number of aromatic nitrogens is 2. The van der Waals surface area contributed by atoms with Gasteiger partial charge < -0.3 is 15.1 Å². The molecule has 182 valence electrons. The number of likely N-dealkylation sites (tertiary alicyclic amines) is 1. The monoisotopic (exact) mass is 483 g/mol. The average Bonchev–Trinajstić information content (AvgIpc) is 3.52. The maximum Gasteiger partial charge on any atom is 0.239 e. The standard InChI is InChI=1S/C24H33N7O2S/c1-28-20(7-8-22(32)30-13-11-29(12-14-30)19-5-3-2-4-6-19)15-25-24(33)23-21(28)9-10-31(23)16-18-17-34-27-26-18/h2-6,17,20-21,23H,7-16H2,1H3,(H,25,33)/t20-,21+,23-/m0/s1. The van der Waals surface area contributed by atoms with Gasteiger partial charge in [0, 0.05) is 75.4 Å². The molecule has 0 unspecified atom stereocenters. The molecular weight excluding hydrogens is 450 g/mol. The van der Waals surface area contributed by atoms with Gasteiger partial charge >= 0.3 is 0 Å². The molecule has 2 aromatic rings. The zero-order valence-electron chi connectivity index (χ0n) is 19.7. The minimum absolute atomic E-state index is 0.0865. The first kappa shape index (κ1) is 23.2. The number of piperazine rings is 1. The van der Waals surface area contributed by atoms with Crippen molar-refractivity contribution in [1.29, 1.82) is 0 Å². The number of carbonyl (C=O) groups excluding carboxylic acids is 2. The summed E-state index contributed by atoms with van der Waals surface area (Å²) < 4.78 is 3.95. The normalized spacial score (nSPS) is 26.3. The first-order chi connectivity index (χ1) is 16.6. The summed E-state index contributed by atoms with van der Waals surface area (Å²) in [6, 6.07) is 10.5. The number of amides is 2. The van der Waals surface area contributed by atoms with E-state index in [1.54, 1.807) is 0 Å². The lowest BCUT2D eigenvalue weighted by Crippen LogP contribution is -2.50. The van der Waals surface area contributed by atoms with Gasteiger partial charge in [-0.05, 0) is 43.6 Å². The summed E-state index contributed by atoms with van der Waals surface area (Å²) in [5.74, 6) is 0.306. The van der Waals surface area contributed by atoms with Crippen LogP contribution < -0.4 is 10.2 Å². The second-order valence-corrected chi connectivity index (χ2v) is 10.1. The third-order valence-corrected chi connectivity index (χ3v) is 8.12. The Labute approximate surface area is 204 Å². The quantitative estimate of drug-likeness (QED) is 0.657. The number of benzene rings is 1. The van der Waals surface area contributed by atoms with Crippen LogP contribution in [-0.2, 0) is 16.1 Å². The Bertz CT molecular complexity index is 965. The fourth-order valence-corrected chi connectivity index (χ4v) is 6.03. The van der Waals surface area contributed by atoms with E-state index >= 15 is 0 Å². The number of hydrogen-bond donors (Lipinski definition) is 1. The predicted octanol–water partition coefficient (Wildman–Crippen LogP) is 1.04. The van der Waals surface area contributed by atoms with E-state index in [0.29, 0.717) is 19.5 Å². The topological polar surface area (TPSA) is 84.9 Å². The van der Waals surface area contributed by atoms with Crippen LogP contribution in [0, 0.1) is 0 Å². The van der Waals surface area contributed by atoms with E-state index in [1.165, 1.54) is 17.2 Å². The molecule has 3 aliphatic heterocycles. The first-order valence-electron chi connectivity index (χ1n) is 12.2. The highest BCUT2D eigenvalue weighted by Crippen LogP contribution is 2.28. The van der Waals surface area contributed by atoms with E-state index < -0.39 is 0 Å². The molecule has 1 N–H and O–H groups in total. The molecule has 3 aliphatic rings. The molecule has 34 heavy (non-hydrogen) atoms. The Hall–Kier alpha value is -2.56. The van der Waals surface area contributed by atoms with Gasteiger partial charge in [0.15, 0.2) is 0 Å². The number of para-hydroxylation sites is 1.